The summed E-state index contributed by atoms with van der Waals surface area (Å²) in [6.07, 6.45) is 0.425. The fraction of sp³-hybridized carbons (Fsp3) is 0.467. The first-order valence-corrected chi connectivity index (χ1v) is 7.05. The molecule has 6 heteroatoms. The molecule has 0 radical (unpaired) electrons. The van der Waals surface area contributed by atoms with Crippen LogP contribution >= 0.6 is 0 Å². The van der Waals surface area contributed by atoms with E-state index in [2.05, 4.69) is 5.32 Å². The van der Waals surface area contributed by atoms with E-state index in [4.69, 9.17) is 10.2 Å². The number of nitrogens with zero attached hydrogens (tertiary/aromatic N) is 1. The van der Waals surface area contributed by atoms with Crippen LogP contribution in [0, 0.1) is 0 Å². The minimum atomic E-state index is -1.41. The number of carboxylic acid groups (broad SMARTS) is 1. The summed E-state index contributed by atoms with van der Waals surface area (Å²) in [5.41, 5.74) is 0.403. The van der Waals surface area contributed by atoms with Crippen molar-refractivity contribution in [2.45, 2.75) is 25.0 Å². The van der Waals surface area contributed by atoms with Gasteiger partial charge < -0.3 is 20.4 Å². The van der Waals surface area contributed by atoms with Gasteiger partial charge in [-0.25, -0.2) is 4.79 Å². The predicted octanol–water partition coefficient (Wildman–Crippen LogP) is 0.385. The summed E-state index contributed by atoms with van der Waals surface area (Å²) in [4.78, 5) is 23.4. The highest BCUT2D eigenvalue weighted by Gasteiger charge is 2.31. The van der Waals surface area contributed by atoms with Crippen LogP contribution in [0.5, 0.6) is 0 Å². The van der Waals surface area contributed by atoms with E-state index in [-0.39, 0.29) is 0 Å². The zero-order valence-corrected chi connectivity index (χ0v) is 11.7. The molecule has 3 rings (SSSR count). The summed E-state index contributed by atoms with van der Waals surface area (Å²) < 4.78 is 0. The molecule has 0 aliphatic carbocycles. The lowest BCUT2D eigenvalue weighted by Gasteiger charge is -2.29. The van der Waals surface area contributed by atoms with Gasteiger partial charge in [0.1, 0.15) is 0 Å². The lowest BCUT2D eigenvalue weighted by Crippen LogP contribution is -2.49. The molecular formula is C15H20N2O4. The Labute approximate surface area is 123 Å². The summed E-state index contributed by atoms with van der Waals surface area (Å²) in [7, 11) is 0. The molecule has 114 valence electrons. The number of carboxylic acids is 1. The molecule has 2 aliphatic rings. The Hall–Kier alpha value is -1.92. The maximum atomic E-state index is 11.1. The number of aliphatic hydroxyl groups is 1. The number of fused-ring (bicyclic) bond motifs is 1. The number of carbonyl (C=O) groups is 2. The van der Waals surface area contributed by atoms with Crippen LogP contribution in [0.25, 0.3) is 0 Å². The Balaban J connectivity index is 0.000000154. The van der Waals surface area contributed by atoms with E-state index in [1.807, 2.05) is 4.90 Å². The number of rotatable bonds is 2. The molecule has 3 N–H and O–H groups in total. The van der Waals surface area contributed by atoms with Crippen molar-refractivity contribution in [3.05, 3.63) is 35.9 Å². The van der Waals surface area contributed by atoms with Crippen molar-refractivity contribution < 1.29 is 19.8 Å². The van der Waals surface area contributed by atoms with Gasteiger partial charge in [-0.1, -0.05) is 30.3 Å². The Bertz CT molecular complexity index is 492. The van der Waals surface area contributed by atoms with E-state index in [1.54, 1.807) is 30.3 Å². The summed E-state index contributed by atoms with van der Waals surface area (Å²) in [5, 5.41) is 20.7. The smallest absolute Gasteiger partial charge is 0.337 e. The quantitative estimate of drug-likeness (QED) is 0.733. The van der Waals surface area contributed by atoms with Crippen LogP contribution in [0.4, 0.5) is 0 Å². The van der Waals surface area contributed by atoms with Crippen molar-refractivity contribution in [3.8, 4) is 0 Å². The number of hydrogen-bond donors (Lipinski definition) is 3. The molecule has 2 aliphatic heterocycles. The molecule has 2 saturated heterocycles. The Kier molecular flexibility index (Phi) is 5.30. The van der Waals surface area contributed by atoms with Crippen molar-refractivity contribution in [1.29, 1.82) is 0 Å². The second-order valence-electron chi connectivity index (χ2n) is 5.14. The predicted molar refractivity (Wildman–Crippen MR) is 76.6 cm³/mol. The van der Waals surface area contributed by atoms with Gasteiger partial charge in [-0.05, 0) is 12.0 Å². The Morgan fingerprint density at radius 1 is 1.33 bits per heavy atom. The van der Waals surface area contributed by atoms with Crippen LogP contribution in [0.1, 0.15) is 24.5 Å². The van der Waals surface area contributed by atoms with Crippen LogP contribution in [0.15, 0.2) is 30.3 Å². The third-order valence-corrected chi connectivity index (χ3v) is 3.71. The average Bonchev–Trinajstić information content (AvgIpc) is 2.90. The van der Waals surface area contributed by atoms with Crippen molar-refractivity contribution >= 4 is 11.9 Å². The van der Waals surface area contributed by atoms with E-state index in [0.29, 0.717) is 17.5 Å². The molecule has 2 heterocycles. The number of aliphatic hydroxyl groups excluding tert-OH is 1. The molecule has 1 aromatic rings. The van der Waals surface area contributed by atoms with Crippen LogP contribution in [0.2, 0.25) is 0 Å². The van der Waals surface area contributed by atoms with E-state index in [9.17, 15) is 9.59 Å². The summed E-state index contributed by atoms with van der Waals surface area (Å²) in [6.45, 7) is 2.90. The van der Waals surface area contributed by atoms with Crippen molar-refractivity contribution in [3.63, 3.8) is 0 Å². The lowest BCUT2D eigenvalue weighted by molar-refractivity contribution is -0.147. The molecule has 0 bridgehead atoms. The fourth-order valence-electron chi connectivity index (χ4n) is 2.56. The molecule has 0 saturated carbocycles. The van der Waals surface area contributed by atoms with Gasteiger partial charge >= 0.3 is 5.97 Å². The number of carbonyl (C=O) groups excluding carboxylic acids is 1. The second kappa shape index (κ2) is 7.19. The lowest BCUT2D eigenvalue weighted by atomic mass is 10.1. The molecular weight excluding hydrogens is 272 g/mol. The van der Waals surface area contributed by atoms with Gasteiger partial charge in [0.25, 0.3) is 0 Å². The third kappa shape index (κ3) is 4.03. The number of piperazine rings is 1. The molecule has 1 aromatic carbocycles. The summed E-state index contributed by atoms with van der Waals surface area (Å²) in [5.74, 6) is -0.872. The van der Waals surface area contributed by atoms with Crippen LogP contribution < -0.4 is 5.32 Å². The van der Waals surface area contributed by atoms with E-state index >= 15 is 0 Å². The number of nitrogens with one attached hydrogen (secondary N) is 1. The van der Waals surface area contributed by atoms with E-state index in [1.165, 1.54) is 0 Å². The first kappa shape index (κ1) is 15.5. The first-order chi connectivity index (χ1) is 10.1. The monoisotopic (exact) mass is 292 g/mol. The SMILES string of the molecule is O=C(O)[C@@H](O)c1ccccc1.O=C1CC[C@@H]2CNCCN12. The van der Waals surface area contributed by atoms with Gasteiger partial charge in [0.2, 0.25) is 5.91 Å². The summed E-state index contributed by atoms with van der Waals surface area (Å²) in [6, 6.07) is 8.78. The molecule has 0 unspecified atom stereocenters. The first-order valence-electron chi connectivity index (χ1n) is 7.05. The number of aliphatic carboxylic acids is 1. The molecule has 0 aromatic heterocycles. The number of hydrogen-bond acceptors (Lipinski definition) is 4. The van der Waals surface area contributed by atoms with E-state index < -0.39 is 12.1 Å². The second-order valence-corrected chi connectivity index (χ2v) is 5.14. The van der Waals surface area contributed by atoms with Crippen LogP contribution in [-0.4, -0.2) is 52.7 Å². The molecule has 6 nitrogen and oxygen atoms in total. The zero-order chi connectivity index (χ0) is 15.2. The number of amides is 1. The van der Waals surface area contributed by atoms with Crippen molar-refractivity contribution in [2.24, 2.45) is 0 Å². The van der Waals surface area contributed by atoms with Gasteiger partial charge in [-0.2, -0.15) is 0 Å². The van der Waals surface area contributed by atoms with Gasteiger partial charge in [-0.3, -0.25) is 4.79 Å². The third-order valence-electron chi connectivity index (χ3n) is 3.71. The minimum Gasteiger partial charge on any atom is -0.479 e. The number of benzene rings is 1. The standard InChI is InChI=1S/C8H8O3.C7H12N2O/c9-7(8(10)11)6-4-2-1-3-5-6;10-7-2-1-6-5-8-3-4-9(6)7/h1-5,7,9H,(H,10,11);6,8H,1-5H2/t7-;6-/m01/s1. The summed E-state index contributed by atoms with van der Waals surface area (Å²) >= 11 is 0. The molecule has 2 atom stereocenters. The molecule has 0 spiro atoms. The van der Waals surface area contributed by atoms with Gasteiger partial charge in [0, 0.05) is 32.1 Å². The minimum absolute atomic E-state index is 0.353. The molecule has 21 heavy (non-hydrogen) atoms. The highest BCUT2D eigenvalue weighted by Crippen LogP contribution is 2.18. The Morgan fingerprint density at radius 3 is 2.67 bits per heavy atom. The maximum absolute atomic E-state index is 11.1. The topological polar surface area (TPSA) is 89.9 Å². The zero-order valence-electron chi connectivity index (χ0n) is 11.7. The normalized spacial score (nSPS) is 22.0. The highest BCUT2D eigenvalue weighted by atomic mass is 16.4. The molecule has 2 fully saturated rings. The van der Waals surface area contributed by atoms with Crippen molar-refractivity contribution in [2.75, 3.05) is 19.6 Å². The fourth-order valence-corrected chi connectivity index (χ4v) is 2.56. The average molecular weight is 292 g/mol. The maximum Gasteiger partial charge on any atom is 0.337 e. The van der Waals surface area contributed by atoms with Gasteiger partial charge in [0.05, 0.1) is 0 Å². The molecule has 1 amide bonds. The van der Waals surface area contributed by atoms with Crippen LogP contribution in [0.3, 0.4) is 0 Å². The van der Waals surface area contributed by atoms with Crippen molar-refractivity contribution in [1.82, 2.24) is 10.2 Å². The largest absolute Gasteiger partial charge is 0.479 e. The highest BCUT2D eigenvalue weighted by molar-refractivity contribution is 5.78. The van der Waals surface area contributed by atoms with E-state index in [0.717, 1.165) is 32.5 Å². The van der Waals surface area contributed by atoms with Crippen LogP contribution in [-0.2, 0) is 9.59 Å². The Morgan fingerprint density at radius 2 is 2.05 bits per heavy atom. The van der Waals surface area contributed by atoms with Gasteiger partial charge in [0.15, 0.2) is 6.10 Å². The van der Waals surface area contributed by atoms with Gasteiger partial charge in [-0.15, -0.1) is 0 Å².